The minimum atomic E-state index is 0.408. The van der Waals surface area contributed by atoms with Gasteiger partial charge in [-0.15, -0.1) is 11.8 Å². The molecule has 4 nitrogen and oxygen atoms in total. The van der Waals surface area contributed by atoms with Crippen molar-refractivity contribution in [1.82, 2.24) is 15.5 Å². The van der Waals surface area contributed by atoms with Gasteiger partial charge in [0.2, 0.25) is 5.89 Å². The maximum Gasteiger partial charge on any atom is 0.226 e. The Labute approximate surface area is 134 Å². The molecule has 2 bridgehead atoms. The molecule has 6 heteroatoms. The topological polar surface area (TPSA) is 51.0 Å². The summed E-state index contributed by atoms with van der Waals surface area (Å²) in [6.45, 7) is 2.28. The average Bonchev–Trinajstić information content (AvgIpc) is 3.06. The molecule has 1 aromatic rings. The van der Waals surface area contributed by atoms with Gasteiger partial charge in [0, 0.05) is 35.3 Å². The molecular formula is C15H23N3OS2. The first kappa shape index (κ1) is 14.4. The fraction of sp³-hybridized carbons (Fsp3) is 0.867. The third-order valence-electron chi connectivity index (χ3n) is 4.96. The summed E-state index contributed by atoms with van der Waals surface area (Å²) >= 11 is 4.00. The lowest BCUT2D eigenvalue weighted by Gasteiger charge is -2.28. The highest BCUT2D eigenvalue weighted by Gasteiger charge is 2.34. The third kappa shape index (κ3) is 3.13. The van der Waals surface area contributed by atoms with Gasteiger partial charge in [0.15, 0.2) is 5.82 Å². The van der Waals surface area contributed by atoms with E-state index in [0.29, 0.717) is 10.5 Å². The maximum absolute atomic E-state index is 5.56. The standard InChI is InChI=1S/C15H23N3OS2/c1-9-14(21-5-4-20-9)15-17-13(19-18-15)8-10-6-11-2-3-12(7-10)16-11/h9-12,14,16H,2-8H2,1H3. The Morgan fingerprint density at radius 2 is 1.95 bits per heavy atom. The fourth-order valence-electron chi connectivity index (χ4n) is 3.97. The quantitative estimate of drug-likeness (QED) is 0.922. The Hall–Kier alpha value is -0.200. The van der Waals surface area contributed by atoms with Crippen LogP contribution in [0.25, 0.3) is 0 Å². The normalized spacial score (nSPS) is 39.6. The van der Waals surface area contributed by atoms with Crippen molar-refractivity contribution in [2.24, 2.45) is 5.92 Å². The summed E-state index contributed by atoms with van der Waals surface area (Å²) in [5, 5.41) is 8.96. The zero-order chi connectivity index (χ0) is 14.2. The first-order chi connectivity index (χ1) is 10.3. The van der Waals surface area contributed by atoms with Crippen molar-refractivity contribution in [2.75, 3.05) is 11.5 Å². The number of hydrogen-bond donors (Lipinski definition) is 1. The SMILES string of the molecule is CC1SCCSC1c1noc(CC2CC3CCC(C2)N3)n1. The molecule has 1 N–H and O–H groups in total. The molecule has 4 rings (SSSR count). The molecule has 0 aliphatic carbocycles. The molecule has 116 valence electrons. The van der Waals surface area contributed by atoms with Gasteiger partial charge < -0.3 is 9.84 Å². The van der Waals surface area contributed by atoms with E-state index in [1.807, 2.05) is 23.5 Å². The molecule has 0 spiro atoms. The van der Waals surface area contributed by atoms with Crippen molar-refractivity contribution in [2.45, 2.75) is 61.6 Å². The first-order valence-corrected chi connectivity index (χ1v) is 10.2. The number of rotatable bonds is 3. The Bertz CT molecular complexity index is 483. The van der Waals surface area contributed by atoms with Crippen LogP contribution in [0.1, 0.15) is 49.6 Å². The summed E-state index contributed by atoms with van der Waals surface area (Å²) < 4.78 is 5.56. The van der Waals surface area contributed by atoms with E-state index in [1.54, 1.807) is 0 Å². The van der Waals surface area contributed by atoms with Crippen molar-refractivity contribution in [3.05, 3.63) is 11.7 Å². The molecule has 1 aromatic heterocycles. The number of thioether (sulfide) groups is 2. The van der Waals surface area contributed by atoms with Gasteiger partial charge in [0.25, 0.3) is 0 Å². The Morgan fingerprint density at radius 3 is 2.71 bits per heavy atom. The van der Waals surface area contributed by atoms with E-state index >= 15 is 0 Å². The molecule has 3 aliphatic heterocycles. The number of aromatic nitrogens is 2. The molecule has 4 atom stereocenters. The minimum Gasteiger partial charge on any atom is -0.339 e. The second-order valence-corrected chi connectivity index (χ2v) is 9.33. The zero-order valence-electron chi connectivity index (χ0n) is 12.5. The second kappa shape index (κ2) is 6.13. The van der Waals surface area contributed by atoms with Crippen LogP contribution in [0.5, 0.6) is 0 Å². The van der Waals surface area contributed by atoms with E-state index in [2.05, 4.69) is 17.4 Å². The van der Waals surface area contributed by atoms with E-state index in [-0.39, 0.29) is 0 Å². The zero-order valence-corrected chi connectivity index (χ0v) is 14.1. The van der Waals surface area contributed by atoms with Crippen molar-refractivity contribution < 1.29 is 4.52 Å². The van der Waals surface area contributed by atoms with E-state index in [0.717, 1.165) is 36.1 Å². The van der Waals surface area contributed by atoms with Gasteiger partial charge in [-0.3, -0.25) is 0 Å². The molecule has 0 radical (unpaired) electrons. The first-order valence-electron chi connectivity index (χ1n) is 8.09. The Kier molecular flexibility index (Phi) is 4.20. The maximum atomic E-state index is 5.56. The molecule has 0 aromatic carbocycles. The molecule has 3 aliphatic rings. The van der Waals surface area contributed by atoms with Crippen molar-refractivity contribution in [3.8, 4) is 0 Å². The molecule has 21 heavy (non-hydrogen) atoms. The average molecular weight is 326 g/mol. The summed E-state index contributed by atoms with van der Waals surface area (Å²) in [5.41, 5.74) is 0. The van der Waals surface area contributed by atoms with E-state index in [1.165, 1.54) is 37.2 Å². The summed E-state index contributed by atoms with van der Waals surface area (Å²) in [7, 11) is 0. The molecule has 0 amide bonds. The van der Waals surface area contributed by atoms with Gasteiger partial charge in [-0.1, -0.05) is 12.1 Å². The van der Waals surface area contributed by atoms with Crippen LogP contribution in [0, 0.1) is 5.92 Å². The van der Waals surface area contributed by atoms with Gasteiger partial charge >= 0.3 is 0 Å². The lowest BCUT2D eigenvalue weighted by Crippen LogP contribution is -2.38. The third-order valence-corrected chi connectivity index (χ3v) is 8.05. The smallest absolute Gasteiger partial charge is 0.226 e. The van der Waals surface area contributed by atoms with Crippen LogP contribution in [-0.4, -0.2) is 39.0 Å². The van der Waals surface area contributed by atoms with Crippen LogP contribution in [0.4, 0.5) is 0 Å². The van der Waals surface area contributed by atoms with Crippen LogP contribution in [-0.2, 0) is 6.42 Å². The molecule has 3 fully saturated rings. The van der Waals surface area contributed by atoms with Gasteiger partial charge in [0.1, 0.15) is 0 Å². The molecular weight excluding hydrogens is 302 g/mol. The summed E-state index contributed by atoms with van der Waals surface area (Å²) in [6.07, 6.45) is 6.23. The molecule has 4 heterocycles. The van der Waals surface area contributed by atoms with E-state index < -0.39 is 0 Å². The van der Waals surface area contributed by atoms with Crippen LogP contribution < -0.4 is 5.32 Å². The predicted molar refractivity (Wildman–Crippen MR) is 87.8 cm³/mol. The van der Waals surface area contributed by atoms with E-state index in [9.17, 15) is 0 Å². The fourth-order valence-corrected chi connectivity index (χ4v) is 6.65. The highest BCUT2D eigenvalue weighted by atomic mass is 32.2. The molecule has 3 saturated heterocycles. The monoisotopic (exact) mass is 325 g/mol. The Balaban J connectivity index is 1.40. The van der Waals surface area contributed by atoms with Crippen molar-refractivity contribution >= 4 is 23.5 Å². The van der Waals surface area contributed by atoms with Gasteiger partial charge in [-0.05, 0) is 31.6 Å². The number of nitrogens with one attached hydrogen (secondary N) is 1. The molecule has 4 unspecified atom stereocenters. The van der Waals surface area contributed by atoms with Crippen LogP contribution in [0.15, 0.2) is 4.52 Å². The summed E-state index contributed by atoms with van der Waals surface area (Å²) in [4.78, 5) is 4.72. The second-order valence-electron chi connectivity index (χ2n) is 6.59. The van der Waals surface area contributed by atoms with Crippen molar-refractivity contribution in [3.63, 3.8) is 0 Å². The van der Waals surface area contributed by atoms with Gasteiger partial charge in [-0.25, -0.2) is 0 Å². The number of piperidine rings is 1. The lowest BCUT2D eigenvalue weighted by atomic mass is 9.90. The lowest BCUT2D eigenvalue weighted by molar-refractivity contribution is 0.270. The van der Waals surface area contributed by atoms with Crippen LogP contribution in [0.2, 0.25) is 0 Å². The number of nitrogens with zero attached hydrogens (tertiary/aromatic N) is 2. The highest BCUT2D eigenvalue weighted by Crippen LogP contribution is 2.41. The minimum absolute atomic E-state index is 0.408. The number of hydrogen-bond acceptors (Lipinski definition) is 6. The highest BCUT2D eigenvalue weighted by molar-refractivity contribution is 8.06. The van der Waals surface area contributed by atoms with Crippen LogP contribution >= 0.6 is 23.5 Å². The summed E-state index contributed by atoms with van der Waals surface area (Å²) in [6, 6.07) is 1.47. The summed E-state index contributed by atoms with van der Waals surface area (Å²) in [5.74, 6) is 4.95. The van der Waals surface area contributed by atoms with E-state index in [4.69, 9.17) is 9.51 Å². The predicted octanol–water partition coefficient (Wildman–Crippen LogP) is 3.05. The van der Waals surface area contributed by atoms with Gasteiger partial charge in [-0.2, -0.15) is 16.7 Å². The number of fused-ring (bicyclic) bond motifs is 2. The van der Waals surface area contributed by atoms with Crippen molar-refractivity contribution in [1.29, 1.82) is 0 Å². The molecule has 0 saturated carbocycles. The largest absolute Gasteiger partial charge is 0.339 e. The van der Waals surface area contributed by atoms with Crippen LogP contribution in [0.3, 0.4) is 0 Å². The Morgan fingerprint density at radius 1 is 1.19 bits per heavy atom. The van der Waals surface area contributed by atoms with Gasteiger partial charge in [0.05, 0.1) is 5.25 Å².